The number of benzene rings is 1. The molecule has 0 radical (unpaired) electrons. The Bertz CT molecular complexity index is 592. The van der Waals surface area contributed by atoms with Crippen LogP contribution in [0.3, 0.4) is 0 Å². The van der Waals surface area contributed by atoms with Gasteiger partial charge < -0.3 is 15.8 Å². The van der Waals surface area contributed by atoms with E-state index in [9.17, 15) is 4.79 Å². The van der Waals surface area contributed by atoms with Crippen molar-refractivity contribution in [3.63, 3.8) is 0 Å². The minimum atomic E-state index is -0.968. The first kappa shape index (κ1) is 13.0. The summed E-state index contributed by atoms with van der Waals surface area (Å²) in [6.45, 7) is 1.95. The van der Waals surface area contributed by atoms with Gasteiger partial charge in [0.15, 0.2) is 0 Å². The van der Waals surface area contributed by atoms with Crippen molar-refractivity contribution in [2.75, 3.05) is 6.26 Å². The van der Waals surface area contributed by atoms with Gasteiger partial charge in [0.1, 0.15) is 6.04 Å². The average Bonchev–Trinajstić information content (AvgIpc) is 2.65. The second kappa shape index (κ2) is 5.04. The molecule has 4 nitrogen and oxygen atoms in total. The highest BCUT2D eigenvalue weighted by molar-refractivity contribution is 7.98. The summed E-state index contributed by atoms with van der Waals surface area (Å²) in [5, 5.41) is 9.97. The maximum absolute atomic E-state index is 10.9. The van der Waals surface area contributed by atoms with Crippen LogP contribution in [-0.2, 0) is 11.2 Å². The zero-order valence-corrected chi connectivity index (χ0v) is 11.2. The Hall–Kier alpha value is -1.46. The van der Waals surface area contributed by atoms with Gasteiger partial charge in [0.25, 0.3) is 0 Å². The lowest BCUT2D eigenvalue weighted by atomic mass is 10.0. The molecule has 1 unspecified atom stereocenters. The van der Waals surface area contributed by atoms with Crippen LogP contribution in [-0.4, -0.2) is 28.4 Å². The first-order chi connectivity index (χ1) is 8.52. The van der Waals surface area contributed by atoms with Crippen LogP contribution in [0.1, 0.15) is 11.3 Å². The minimum absolute atomic E-state index is 0.346. The smallest absolute Gasteiger partial charge is 0.320 e. The van der Waals surface area contributed by atoms with Crippen LogP contribution >= 0.6 is 11.8 Å². The van der Waals surface area contributed by atoms with E-state index in [-0.39, 0.29) is 0 Å². The van der Waals surface area contributed by atoms with Gasteiger partial charge in [0.2, 0.25) is 0 Å². The van der Waals surface area contributed by atoms with Crippen LogP contribution in [0.2, 0.25) is 0 Å². The van der Waals surface area contributed by atoms with Gasteiger partial charge in [-0.15, -0.1) is 11.8 Å². The fourth-order valence-electron chi connectivity index (χ4n) is 2.06. The van der Waals surface area contributed by atoms with Crippen molar-refractivity contribution in [1.82, 2.24) is 4.98 Å². The van der Waals surface area contributed by atoms with Crippen molar-refractivity contribution in [3.05, 3.63) is 29.5 Å². The van der Waals surface area contributed by atoms with Gasteiger partial charge in [-0.3, -0.25) is 4.79 Å². The van der Waals surface area contributed by atoms with Crippen LogP contribution in [0, 0.1) is 6.92 Å². The van der Waals surface area contributed by atoms with Crippen molar-refractivity contribution in [2.24, 2.45) is 5.73 Å². The van der Waals surface area contributed by atoms with Gasteiger partial charge in [0.05, 0.1) is 0 Å². The van der Waals surface area contributed by atoms with E-state index in [0.29, 0.717) is 6.42 Å². The molecule has 18 heavy (non-hydrogen) atoms. The van der Waals surface area contributed by atoms with Crippen molar-refractivity contribution >= 4 is 28.6 Å². The minimum Gasteiger partial charge on any atom is -0.480 e. The van der Waals surface area contributed by atoms with E-state index in [1.54, 1.807) is 11.8 Å². The molecule has 0 aliphatic rings. The highest BCUT2D eigenvalue weighted by Gasteiger charge is 2.17. The zero-order chi connectivity index (χ0) is 13.3. The summed E-state index contributed by atoms with van der Waals surface area (Å²) in [4.78, 5) is 15.3. The lowest BCUT2D eigenvalue weighted by Crippen LogP contribution is -2.32. The Kier molecular flexibility index (Phi) is 3.63. The number of hydrogen-bond acceptors (Lipinski definition) is 3. The molecular weight excluding hydrogens is 248 g/mol. The molecule has 0 aliphatic heterocycles. The number of carboxylic acids is 1. The number of rotatable bonds is 4. The molecule has 0 fully saturated rings. The number of carboxylic acid groups (broad SMARTS) is 1. The number of H-pyrrole nitrogens is 1. The Morgan fingerprint density at radius 3 is 2.89 bits per heavy atom. The summed E-state index contributed by atoms with van der Waals surface area (Å²) >= 11 is 1.67. The molecule has 5 heteroatoms. The molecule has 1 heterocycles. The third-order valence-corrected chi connectivity index (χ3v) is 3.79. The summed E-state index contributed by atoms with van der Waals surface area (Å²) in [6.07, 6.45) is 2.36. The number of thioether (sulfide) groups is 1. The third kappa shape index (κ3) is 2.37. The molecule has 1 aromatic heterocycles. The van der Waals surface area contributed by atoms with Crippen LogP contribution in [0.5, 0.6) is 0 Å². The molecular formula is C13H16N2O2S. The second-order valence-electron chi connectivity index (χ2n) is 4.29. The maximum atomic E-state index is 10.9. The molecule has 2 rings (SSSR count). The molecule has 4 N–H and O–H groups in total. The van der Waals surface area contributed by atoms with Crippen LogP contribution in [0.15, 0.2) is 23.1 Å². The monoisotopic (exact) mass is 264 g/mol. The second-order valence-corrected chi connectivity index (χ2v) is 5.17. The first-order valence-corrected chi connectivity index (χ1v) is 6.89. The fourth-order valence-corrected chi connectivity index (χ4v) is 2.50. The molecule has 2 aromatic rings. The zero-order valence-electron chi connectivity index (χ0n) is 10.4. The summed E-state index contributed by atoms with van der Waals surface area (Å²) < 4.78 is 0. The van der Waals surface area contributed by atoms with E-state index in [0.717, 1.165) is 27.1 Å². The summed E-state index contributed by atoms with van der Waals surface area (Å²) in [6, 6.07) is 5.28. The molecule has 1 atom stereocenters. The summed E-state index contributed by atoms with van der Waals surface area (Å²) in [5.74, 6) is -0.968. The summed E-state index contributed by atoms with van der Waals surface area (Å²) in [5.41, 5.74) is 8.63. The molecule has 1 aromatic carbocycles. The number of aromatic amines is 1. The predicted molar refractivity (Wildman–Crippen MR) is 74.1 cm³/mol. The molecule has 0 bridgehead atoms. The molecule has 0 amide bonds. The van der Waals surface area contributed by atoms with Crippen molar-refractivity contribution in [2.45, 2.75) is 24.3 Å². The van der Waals surface area contributed by atoms with Crippen molar-refractivity contribution in [1.29, 1.82) is 0 Å². The number of nitrogens with two attached hydrogens (primary N) is 1. The van der Waals surface area contributed by atoms with Gasteiger partial charge >= 0.3 is 5.97 Å². The lowest BCUT2D eigenvalue weighted by molar-refractivity contribution is -0.138. The first-order valence-electron chi connectivity index (χ1n) is 5.66. The number of fused-ring (bicyclic) bond motifs is 1. The van der Waals surface area contributed by atoms with Crippen LogP contribution < -0.4 is 5.73 Å². The molecule has 0 saturated carbocycles. The average molecular weight is 264 g/mol. The topological polar surface area (TPSA) is 79.1 Å². The SMILES string of the molecule is CSc1ccc2[nH]c(C)c(CC(N)C(=O)O)c2c1. The van der Waals surface area contributed by atoms with Gasteiger partial charge in [-0.2, -0.15) is 0 Å². The van der Waals surface area contributed by atoms with Gasteiger partial charge in [-0.1, -0.05) is 0 Å². The standard InChI is InChI=1S/C13H16N2O2S/c1-7-9(6-11(14)13(16)17)10-5-8(18-2)3-4-12(10)15-7/h3-5,11,15H,6,14H2,1-2H3,(H,16,17). The predicted octanol–water partition coefficient (Wildman–Crippen LogP) is 2.15. The Morgan fingerprint density at radius 2 is 2.28 bits per heavy atom. The maximum Gasteiger partial charge on any atom is 0.320 e. The molecule has 0 saturated heterocycles. The quantitative estimate of drug-likeness (QED) is 0.739. The number of carbonyl (C=O) groups is 1. The Balaban J connectivity index is 2.48. The van der Waals surface area contributed by atoms with E-state index in [1.807, 2.05) is 25.3 Å². The highest BCUT2D eigenvalue weighted by atomic mass is 32.2. The van der Waals surface area contributed by atoms with Gasteiger partial charge in [0, 0.05) is 27.9 Å². The number of hydrogen-bond donors (Lipinski definition) is 3. The molecule has 96 valence electrons. The number of aromatic nitrogens is 1. The normalized spacial score (nSPS) is 12.8. The molecule has 0 aliphatic carbocycles. The van der Waals surface area contributed by atoms with Crippen LogP contribution in [0.25, 0.3) is 10.9 Å². The lowest BCUT2D eigenvalue weighted by Gasteiger charge is -2.07. The summed E-state index contributed by atoms with van der Waals surface area (Å²) in [7, 11) is 0. The van der Waals surface area contributed by atoms with Gasteiger partial charge in [-0.25, -0.2) is 0 Å². The van der Waals surface area contributed by atoms with Crippen LogP contribution in [0.4, 0.5) is 0 Å². The number of aliphatic carboxylic acids is 1. The molecule has 0 spiro atoms. The van der Waals surface area contributed by atoms with E-state index in [2.05, 4.69) is 11.1 Å². The van der Waals surface area contributed by atoms with E-state index < -0.39 is 12.0 Å². The van der Waals surface area contributed by atoms with Crippen molar-refractivity contribution in [3.8, 4) is 0 Å². The van der Waals surface area contributed by atoms with Crippen molar-refractivity contribution < 1.29 is 9.90 Å². The Morgan fingerprint density at radius 1 is 1.56 bits per heavy atom. The fraction of sp³-hybridized carbons (Fsp3) is 0.308. The number of aryl methyl sites for hydroxylation is 1. The Labute approximate surface area is 110 Å². The third-order valence-electron chi connectivity index (χ3n) is 3.07. The van der Waals surface area contributed by atoms with E-state index in [1.165, 1.54) is 0 Å². The van der Waals surface area contributed by atoms with E-state index in [4.69, 9.17) is 10.8 Å². The van der Waals surface area contributed by atoms with E-state index >= 15 is 0 Å². The number of nitrogens with one attached hydrogen (secondary N) is 1. The van der Waals surface area contributed by atoms with Gasteiger partial charge in [-0.05, 0) is 36.9 Å². The highest BCUT2D eigenvalue weighted by Crippen LogP contribution is 2.27. The largest absolute Gasteiger partial charge is 0.480 e.